The van der Waals surface area contributed by atoms with E-state index in [1.165, 1.54) is 19.1 Å². The molecule has 1 saturated heterocycles. The quantitative estimate of drug-likeness (QED) is 0.314. The number of benzene rings is 2. The van der Waals surface area contributed by atoms with Crippen LogP contribution in [0, 0.1) is 0 Å². The van der Waals surface area contributed by atoms with Gasteiger partial charge < -0.3 is 31.4 Å². The summed E-state index contributed by atoms with van der Waals surface area (Å²) in [7, 11) is 2.81. The maximum atomic E-state index is 13.6. The van der Waals surface area contributed by atoms with Crippen LogP contribution >= 0.6 is 11.8 Å². The fourth-order valence-corrected chi connectivity index (χ4v) is 4.75. The van der Waals surface area contributed by atoms with Gasteiger partial charge in [-0.15, -0.1) is 0 Å². The van der Waals surface area contributed by atoms with Crippen LogP contribution < -0.4 is 26.3 Å². The van der Waals surface area contributed by atoms with Crippen molar-refractivity contribution in [3.63, 3.8) is 0 Å². The Morgan fingerprint density at radius 2 is 1.82 bits per heavy atom. The number of phenolic OH excluding ortho intramolecular Hbond substituents is 1. The molecule has 202 valence electrons. The second kappa shape index (κ2) is 13.0. The van der Waals surface area contributed by atoms with Crippen molar-refractivity contribution in [1.82, 2.24) is 10.2 Å². The standard InChI is InChI=1S/C26H31N5O6S/c1-15(24(34)30-18(23(28)33)10-7-11-27)31-25(35)21(38-26(31)29-17-8-5-4-6-9-17)14-16-12-19(36-2)22(32)20(13-16)37-3/h4-6,8-9,12-15,18,32H,7,10-11,27H2,1-3H3,(H2,28,33)(H,30,34)/b21-14-,29-26-/t15-,18-/m0/s1. The number of hydrogen-bond acceptors (Lipinski definition) is 9. The van der Waals surface area contributed by atoms with Crippen molar-refractivity contribution < 1.29 is 29.0 Å². The topological polar surface area (TPSA) is 170 Å². The number of thioether (sulfide) groups is 1. The van der Waals surface area contributed by atoms with Crippen LogP contribution in [0.1, 0.15) is 25.3 Å². The molecule has 1 heterocycles. The first-order valence-electron chi connectivity index (χ1n) is 11.8. The van der Waals surface area contributed by atoms with E-state index >= 15 is 0 Å². The van der Waals surface area contributed by atoms with Gasteiger partial charge in [0.05, 0.1) is 24.8 Å². The van der Waals surface area contributed by atoms with Gasteiger partial charge in [0.15, 0.2) is 16.7 Å². The molecule has 3 rings (SSSR count). The van der Waals surface area contributed by atoms with Crippen molar-refractivity contribution in [2.75, 3.05) is 20.8 Å². The fraction of sp³-hybridized carbons (Fsp3) is 0.308. The van der Waals surface area contributed by atoms with Gasteiger partial charge in [-0.05, 0) is 74.0 Å². The first-order valence-corrected chi connectivity index (χ1v) is 12.6. The number of hydrogen-bond donors (Lipinski definition) is 4. The van der Waals surface area contributed by atoms with Gasteiger partial charge in [-0.25, -0.2) is 4.99 Å². The summed E-state index contributed by atoms with van der Waals surface area (Å²) in [4.78, 5) is 44.7. The molecule has 2 aromatic carbocycles. The number of primary amides is 1. The number of nitrogens with one attached hydrogen (secondary N) is 1. The number of amides is 3. The number of para-hydroxylation sites is 1. The Bertz CT molecular complexity index is 1220. The maximum absolute atomic E-state index is 13.6. The number of phenols is 1. The van der Waals surface area contributed by atoms with Crippen LogP contribution in [-0.2, 0) is 14.4 Å². The number of methoxy groups -OCH3 is 2. The third kappa shape index (κ3) is 6.64. The predicted molar refractivity (Wildman–Crippen MR) is 146 cm³/mol. The van der Waals surface area contributed by atoms with Crippen molar-refractivity contribution in [2.45, 2.75) is 31.8 Å². The monoisotopic (exact) mass is 541 g/mol. The molecular formula is C26H31N5O6S. The van der Waals surface area contributed by atoms with E-state index in [0.29, 0.717) is 24.2 Å². The molecule has 0 aliphatic carbocycles. The Morgan fingerprint density at radius 1 is 1.18 bits per heavy atom. The molecule has 1 aliphatic rings. The van der Waals surface area contributed by atoms with Crippen LogP contribution in [0.25, 0.3) is 6.08 Å². The molecular weight excluding hydrogens is 510 g/mol. The van der Waals surface area contributed by atoms with E-state index in [4.69, 9.17) is 20.9 Å². The molecule has 1 aliphatic heterocycles. The largest absolute Gasteiger partial charge is 0.502 e. The van der Waals surface area contributed by atoms with Gasteiger partial charge in [-0.1, -0.05) is 18.2 Å². The highest BCUT2D eigenvalue weighted by atomic mass is 32.2. The summed E-state index contributed by atoms with van der Waals surface area (Å²) in [5.74, 6) is -1.53. The van der Waals surface area contributed by atoms with E-state index in [0.717, 1.165) is 11.8 Å². The van der Waals surface area contributed by atoms with Crippen LogP contribution in [0.3, 0.4) is 0 Å². The highest BCUT2D eigenvalue weighted by Gasteiger charge is 2.40. The zero-order chi connectivity index (χ0) is 27.8. The Morgan fingerprint density at radius 3 is 2.37 bits per heavy atom. The molecule has 12 heteroatoms. The minimum absolute atomic E-state index is 0.167. The van der Waals surface area contributed by atoms with Crippen molar-refractivity contribution >= 4 is 46.4 Å². The Balaban J connectivity index is 1.99. The van der Waals surface area contributed by atoms with E-state index in [2.05, 4.69) is 10.3 Å². The number of rotatable bonds is 11. The van der Waals surface area contributed by atoms with E-state index in [9.17, 15) is 19.5 Å². The number of ether oxygens (including phenoxy) is 2. The molecule has 0 spiro atoms. The zero-order valence-corrected chi connectivity index (χ0v) is 22.2. The van der Waals surface area contributed by atoms with E-state index in [1.807, 2.05) is 18.2 Å². The highest BCUT2D eigenvalue weighted by Crippen LogP contribution is 2.40. The summed E-state index contributed by atoms with van der Waals surface area (Å²) in [6.45, 7) is 1.89. The molecule has 0 aromatic heterocycles. The summed E-state index contributed by atoms with van der Waals surface area (Å²) in [5.41, 5.74) is 12.1. The van der Waals surface area contributed by atoms with Crippen molar-refractivity contribution in [3.8, 4) is 17.2 Å². The normalized spacial score (nSPS) is 16.9. The summed E-state index contributed by atoms with van der Waals surface area (Å²) in [6.07, 6.45) is 2.37. The number of nitrogens with two attached hydrogens (primary N) is 2. The van der Waals surface area contributed by atoms with Gasteiger partial charge >= 0.3 is 0 Å². The number of carbonyl (C=O) groups excluding carboxylic acids is 3. The van der Waals surface area contributed by atoms with Gasteiger partial charge in [-0.2, -0.15) is 0 Å². The summed E-state index contributed by atoms with van der Waals surface area (Å²) in [6, 6.07) is 10.2. The third-order valence-corrected chi connectivity index (χ3v) is 6.72. The minimum Gasteiger partial charge on any atom is -0.502 e. The van der Waals surface area contributed by atoms with Gasteiger partial charge in [-0.3, -0.25) is 19.3 Å². The number of aromatic hydroxyl groups is 1. The SMILES string of the molecule is COc1cc(/C=C2\S/C(=N\c3ccccc3)N([C@@H](C)C(=O)N[C@@H](CCCN)C(N)=O)C2=O)cc(OC)c1O. The number of carbonyl (C=O) groups is 3. The lowest BCUT2D eigenvalue weighted by molar-refractivity contribution is -0.134. The summed E-state index contributed by atoms with van der Waals surface area (Å²) in [5, 5.41) is 13.1. The lowest BCUT2D eigenvalue weighted by Crippen LogP contribution is -2.53. The second-order valence-electron chi connectivity index (χ2n) is 8.36. The molecule has 6 N–H and O–H groups in total. The second-order valence-corrected chi connectivity index (χ2v) is 9.37. The molecule has 0 radical (unpaired) electrons. The molecule has 38 heavy (non-hydrogen) atoms. The lowest BCUT2D eigenvalue weighted by Gasteiger charge is -2.25. The van der Waals surface area contributed by atoms with Gasteiger partial charge in [0.25, 0.3) is 5.91 Å². The van der Waals surface area contributed by atoms with Crippen LogP contribution in [0.4, 0.5) is 5.69 Å². The molecule has 1 fully saturated rings. The minimum atomic E-state index is -1.01. The number of aliphatic imine (C=N–C) groups is 1. The molecule has 0 saturated carbocycles. The Kier molecular flexibility index (Phi) is 9.74. The van der Waals surface area contributed by atoms with Crippen LogP contribution in [0.5, 0.6) is 17.2 Å². The van der Waals surface area contributed by atoms with Crippen LogP contribution in [0.2, 0.25) is 0 Å². The van der Waals surface area contributed by atoms with E-state index < -0.39 is 29.8 Å². The van der Waals surface area contributed by atoms with Crippen molar-refractivity contribution in [3.05, 3.63) is 52.9 Å². The average Bonchev–Trinajstić information content (AvgIpc) is 3.20. The lowest BCUT2D eigenvalue weighted by atomic mass is 10.1. The molecule has 0 unspecified atom stereocenters. The maximum Gasteiger partial charge on any atom is 0.267 e. The number of amidine groups is 1. The fourth-order valence-electron chi connectivity index (χ4n) is 3.68. The van der Waals surface area contributed by atoms with E-state index in [1.54, 1.807) is 37.3 Å². The highest BCUT2D eigenvalue weighted by molar-refractivity contribution is 8.18. The Hall–Kier alpha value is -4.03. The predicted octanol–water partition coefficient (Wildman–Crippen LogP) is 2.11. The van der Waals surface area contributed by atoms with Crippen LogP contribution in [0.15, 0.2) is 52.4 Å². The average molecular weight is 542 g/mol. The molecule has 11 nitrogen and oxygen atoms in total. The third-order valence-electron chi connectivity index (χ3n) is 5.74. The van der Waals surface area contributed by atoms with Gasteiger partial charge in [0, 0.05) is 0 Å². The van der Waals surface area contributed by atoms with Crippen molar-refractivity contribution in [2.24, 2.45) is 16.5 Å². The smallest absolute Gasteiger partial charge is 0.267 e. The number of nitrogens with zero attached hydrogens (tertiary/aromatic N) is 2. The van der Waals surface area contributed by atoms with Gasteiger partial charge in [0.1, 0.15) is 12.1 Å². The molecule has 2 atom stereocenters. The van der Waals surface area contributed by atoms with Crippen molar-refractivity contribution in [1.29, 1.82) is 0 Å². The van der Waals surface area contributed by atoms with Gasteiger partial charge in [0.2, 0.25) is 17.6 Å². The summed E-state index contributed by atoms with van der Waals surface area (Å²) >= 11 is 1.09. The zero-order valence-electron chi connectivity index (χ0n) is 21.3. The van der Waals surface area contributed by atoms with E-state index in [-0.39, 0.29) is 33.7 Å². The molecule has 2 aromatic rings. The molecule has 3 amide bonds. The molecule has 0 bridgehead atoms. The summed E-state index contributed by atoms with van der Waals surface area (Å²) < 4.78 is 10.4. The first kappa shape index (κ1) is 28.5. The Labute approximate surface area is 224 Å². The first-order chi connectivity index (χ1) is 18.2. The van der Waals surface area contributed by atoms with Crippen LogP contribution in [-0.4, -0.2) is 65.7 Å².